The zero-order valence-electron chi connectivity index (χ0n) is 18.9. The lowest BCUT2D eigenvalue weighted by molar-refractivity contribution is -0.120. The van der Waals surface area contributed by atoms with Crippen LogP contribution in [-0.4, -0.2) is 29.1 Å². The molecule has 168 valence electrons. The number of ether oxygens (including phenoxy) is 1. The number of carbonyl (C=O) groups excluding carboxylic acids is 1. The molecule has 5 nitrogen and oxygen atoms in total. The Morgan fingerprint density at radius 2 is 1.76 bits per heavy atom. The van der Waals surface area contributed by atoms with Crippen LogP contribution in [0.1, 0.15) is 23.4 Å². The van der Waals surface area contributed by atoms with Crippen LogP contribution in [0.25, 0.3) is 17.1 Å². The molecule has 5 heteroatoms. The number of rotatable bonds is 10. The van der Waals surface area contributed by atoms with Gasteiger partial charge in [-0.05, 0) is 41.8 Å². The van der Waals surface area contributed by atoms with Crippen molar-refractivity contribution in [3.05, 3.63) is 102 Å². The molecular formula is C28H29N3O2. The van der Waals surface area contributed by atoms with Crippen LogP contribution in [0.3, 0.4) is 0 Å². The number of benzene rings is 3. The Labute approximate surface area is 194 Å². The van der Waals surface area contributed by atoms with Gasteiger partial charge in [0.05, 0.1) is 24.6 Å². The van der Waals surface area contributed by atoms with E-state index >= 15 is 0 Å². The maximum Gasteiger partial charge on any atom is 0.224 e. The number of methoxy groups -OCH3 is 1. The highest BCUT2D eigenvalue weighted by molar-refractivity contribution is 5.78. The standard InChI is InChI=1S/C28H29N3O2/c1-33-24-17-15-23(16-18-24)21-28(32)29-19-7-14-27-30-25-12-5-6-13-26(25)31(27)20-8-11-22-9-3-2-4-10-22/h2-6,8-13,15-18H,7,14,19-21H2,1H3,(H,29,32)/b11-8+. The van der Waals surface area contributed by atoms with Gasteiger partial charge in [0.15, 0.2) is 0 Å². The Hall–Kier alpha value is -3.86. The summed E-state index contributed by atoms with van der Waals surface area (Å²) in [5, 5.41) is 3.03. The van der Waals surface area contributed by atoms with E-state index in [9.17, 15) is 4.79 Å². The number of hydrogen-bond acceptors (Lipinski definition) is 3. The summed E-state index contributed by atoms with van der Waals surface area (Å²) in [6.45, 7) is 1.38. The van der Waals surface area contributed by atoms with Crippen molar-refractivity contribution < 1.29 is 9.53 Å². The number of nitrogens with zero attached hydrogens (tertiary/aromatic N) is 2. The minimum atomic E-state index is 0.0273. The molecule has 0 unspecified atom stereocenters. The number of fused-ring (bicyclic) bond motifs is 1. The highest BCUT2D eigenvalue weighted by atomic mass is 16.5. The summed E-state index contributed by atoms with van der Waals surface area (Å²) in [7, 11) is 1.63. The highest BCUT2D eigenvalue weighted by Crippen LogP contribution is 2.18. The molecule has 0 bridgehead atoms. The Bertz CT molecular complexity index is 1210. The minimum absolute atomic E-state index is 0.0273. The summed E-state index contributed by atoms with van der Waals surface area (Å²) in [5.74, 6) is 1.86. The molecular weight excluding hydrogens is 410 g/mol. The average Bonchev–Trinajstić information content (AvgIpc) is 3.20. The molecule has 0 saturated carbocycles. The van der Waals surface area contributed by atoms with Crippen molar-refractivity contribution in [1.82, 2.24) is 14.9 Å². The Morgan fingerprint density at radius 1 is 1.00 bits per heavy atom. The van der Waals surface area contributed by atoms with E-state index < -0.39 is 0 Å². The van der Waals surface area contributed by atoms with Gasteiger partial charge in [0.1, 0.15) is 11.6 Å². The molecule has 4 aromatic rings. The van der Waals surface area contributed by atoms with Crippen molar-refractivity contribution in [2.75, 3.05) is 13.7 Å². The zero-order chi connectivity index (χ0) is 22.9. The molecule has 33 heavy (non-hydrogen) atoms. The first-order valence-electron chi connectivity index (χ1n) is 11.3. The van der Waals surface area contributed by atoms with Gasteiger partial charge in [-0.1, -0.05) is 66.7 Å². The number of para-hydroxylation sites is 2. The Kier molecular flexibility index (Phi) is 7.54. The quantitative estimate of drug-likeness (QED) is 0.352. The Morgan fingerprint density at radius 3 is 2.55 bits per heavy atom. The second-order valence-electron chi connectivity index (χ2n) is 7.92. The molecule has 1 N–H and O–H groups in total. The molecule has 0 radical (unpaired) electrons. The van der Waals surface area contributed by atoms with Gasteiger partial charge in [0.25, 0.3) is 0 Å². The fraction of sp³-hybridized carbons (Fsp3) is 0.214. The summed E-state index contributed by atoms with van der Waals surface area (Å²) >= 11 is 0. The van der Waals surface area contributed by atoms with Crippen molar-refractivity contribution >= 4 is 23.0 Å². The highest BCUT2D eigenvalue weighted by Gasteiger charge is 2.10. The second-order valence-corrected chi connectivity index (χ2v) is 7.92. The predicted octanol–water partition coefficient (Wildman–Crippen LogP) is 5.05. The number of amides is 1. The van der Waals surface area contributed by atoms with Gasteiger partial charge in [-0.2, -0.15) is 0 Å². The predicted molar refractivity (Wildman–Crippen MR) is 133 cm³/mol. The third-order valence-electron chi connectivity index (χ3n) is 5.55. The van der Waals surface area contributed by atoms with Gasteiger partial charge in [-0.25, -0.2) is 4.98 Å². The molecule has 0 spiro atoms. The maximum atomic E-state index is 12.3. The zero-order valence-corrected chi connectivity index (χ0v) is 18.9. The molecule has 0 aliphatic rings. The van der Waals surface area contributed by atoms with Crippen molar-refractivity contribution in [3.8, 4) is 5.75 Å². The molecule has 0 atom stereocenters. The molecule has 0 aliphatic heterocycles. The topological polar surface area (TPSA) is 56.1 Å². The lowest BCUT2D eigenvalue weighted by Gasteiger charge is -2.08. The smallest absolute Gasteiger partial charge is 0.224 e. The maximum absolute atomic E-state index is 12.3. The van der Waals surface area contributed by atoms with Gasteiger partial charge in [-0.15, -0.1) is 0 Å². The monoisotopic (exact) mass is 439 g/mol. The van der Waals surface area contributed by atoms with Crippen molar-refractivity contribution in [1.29, 1.82) is 0 Å². The van der Waals surface area contributed by atoms with Crippen LogP contribution >= 0.6 is 0 Å². The van der Waals surface area contributed by atoms with E-state index in [0.29, 0.717) is 13.0 Å². The number of nitrogens with one attached hydrogen (secondary N) is 1. The van der Waals surface area contributed by atoms with Crippen LogP contribution in [0.5, 0.6) is 5.75 Å². The first kappa shape index (κ1) is 22.3. The fourth-order valence-corrected chi connectivity index (χ4v) is 3.84. The second kappa shape index (κ2) is 11.1. The molecule has 4 rings (SSSR count). The van der Waals surface area contributed by atoms with E-state index in [1.807, 2.05) is 60.7 Å². The van der Waals surface area contributed by atoms with Crippen LogP contribution < -0.4 is 10.1 Å². The summed E-state index contributed by atoms with van der Waals surface area (Å²) in [4.78, 5) is 17.1. The molecule has 0 saturated heterocycles. The largest absolute Gasteiger partial charge is 0.497 e. The molecule has 0 aliphatic carbocycles. The SMILES string of the molecule is COc1ccc(CC(=O)NCCCc2nc3ccccc3n2C/C=C/c2ccccc2)cc1. The fourth-order valence-electron chi connectivity index (χ4n) is 3.84. The summed E-state index contributed by atoms with van der Waals surface area (Å²) in [6.07, 6.45) is 6.31. The number of allylic oxidation sites excluding steroid dienone is 1. The summed E-state index contributed by atoms with van der Waals surface area (Å²) in [6, 6.07) is 26.1. The van der Waals surface area contributed by atoms with Crippen LogP contribution in [-0.2, 0) is 24.2 Å². The van der Waals surface area contributed by atoms with E-state index in [0.717, 1.165) is 47.6 Å². The van der Waals surface area contributed by atoms with Crippen molar-refractivity contribution in [2.24, 2.45) is 0 Å². The Balaban J connectivity index is 1.33. The first-order valence-corrected chi connectivity index (χ1v) is 11.3. The summed E-state index contributed by atoms with van der Waals surface area (Å²) < 4.78 is 7.42. The van der Waals surface area contributed by atoms with Gasteiger partial charge in [0, 0.05) is 19.5 Å². The van der Waals surface area contributed by atoms with Gasteiger partial charge in [0.2, 0.25) is 5.91 Å². The molecule has 0 fully saturated rings. The van der Waals surface area contributed by atoms with Crippen molar-refractivity contribution in [2.45, 2.75) is 25.8 Å². The van der Waals surface area contributed by atoms with Gasteiger partial charge >= 0.3 is 0 Å². The third kappa shape index (κ3) is 6.10. The number of carbonyl (C=O) groups is 1. The van der Waals surface area contributed by atoms with E-state index in [-0.39, 0.29) is 5.91 Å². The lowest BCUT2D eigenvalue weighted by Crippen LogP contribution is -2.26. The van der Waals surface area contributed by atoms with E-state index in [2.05, 4.69) is 40.2 Å². The molecule has 1 aromatic heterocycles. The molecule has 1 amide bonds. The third-order valence-corrected chi connectivity index (χ3v) is 5.55. The lowest BCUT2D eigenvalue weighted by atomic mass is 10.1. The van der Waals surface area contributed by atoms with Crippen LogP contribution in [0.2, 0.25) is 0 Å². The number of aryl methyl sites for hydroxylation is 1. The van der Waals surface area contributed by atoms with Crippen LogP contribution in [0.4, 0.5) is 0 Å². The van der Waals surface area contributed by atoms with Gasteiger partial charge in [-0.3, -0.25) is 4.79 Å². The summed E-state index contributed by atoms with van der Waals surface area (Å²) in [5.41, 5.74) is 4.29. The van der Waals surface area contributed by atoms with E-state index in [1.54, 1.807) is 7.11 Å². The average molecular weight is 440 g/mol. The first-order chi connectivity index (χ1) is 16.2. The van der Waals surface area contributed by atoms with Crippen LogP contribution in [0, 0.1) is 0 Å². The molecule has 3 aromatic carbocycles. The van der Waals surface area contributed by atoms with Gasteiger partial charge < -0.3 is 14.6 Å². The van der Waals surface area contributed by atoms with E-state index in [1.165, 1.54) is 5.56 Å². The number of hydrogen-bond donors (Lipinski definition) is 1. The minimum Gasteiger partial charge on any atom is -0.497 e. The van der Waals surface area contributed by atoms with E-state index in [4.69, 9.17) is 9.72 Å². The van der Waals surface area contributed by atoms with Crippen molar-refractivity contribution in [3.63, 3.8) is 0 Å². The number of aromatic nitrogens is 2. The number of imidazole rings is 1. The normalized spacial score (nSPS) is 11.2. The van der Waals surface area contributed by atoms with Crippen LogP contribution in [0.15, 0.2) is 84.9 Å². The molecule has 1 heterocycles.